The van der Waals surface area contributed by atoms with Crippen molar-refractivity contribution in [2.75, 3.05) is 19.6 Å². The van der Waals surface area contributed by atoms with Gasteiger partial charge in [0.25, 0.3) is 0 Å². The Morgan fingerprint density at radius 2 is 1.89 bits per heavy atom. The van der Waals surface area contributed by atoms with Crippen molar-refractivity contribution in [1.82, 2.24) is 4.90 Å². The molecule has 2 N–H and O–H groups in total. The zero-order valence-electron chi connectivity index (χ0n) is 14.9. The number of rotatable bonds is 3. The number of nitrogens with zero attached hydrogens (tertiary/aromatic N) is 1. The van der Waals surface area contributed by atoms with Gasteiger partial charge in [0.15, 0.2) is 0 Å². The van der Waals surface area contributed by atoms with Crippen molar-refractivity contribution in [2.24, 2.45) is 0 Å². The smallest absolute Gasteiger partial charge is 0.126 e. The number of benzene rings is 2. The third kappa shape index (κ3) is 3.97. The minimum absolute atomic E-state index is 0.305. The topological polar surface area (TPSA) is 52.9 Å². The molecule has 2 heterocycles. The predicted octanol–water partition coefficient (Wildman–Crippen LogP) is 3.86. The largest absolute Gasteiger partial charge is 0.487 e. The Morgan fingerprint density at radius 1 is 1.19 bits per heavy atom. The molecule has 2 aromatic carbocycles. The van der Waals surface area contributed by atoms with Crippen molar-refractivity contribution < 1.29 is 19.3 Å². The summed E-state index contributed by atoms with van der Waals surface area (Å²) in [4.78, 5) is 2.19. The number of hydrogen-bond acceptors (Lipinski definition) is 4. The molecule has 0 amide bonds. The van der Waals surface area contributed by atoms with Gasteiger partial charge < -0.3 is 19.8 Å². The van der Waals surface area contributed by atoms with Crippen LogP contribution in [0.25, 0.3) is 0 Å². The highest BCUT2D eigenvalue weighted by atomic mass is 35.5. The van der Waals surface area contributed by atoms with E-state index in [2.05, 4.69) is 4.90 Å². The molecule has 1 saturated heterocycles. The average molecular weight is 392 g/mol. The van der Waals surface area contributed by atoms with E-state index in [0.717, 1.165) is 31.5 Å². The van der Waals surface area contributed by atoms with Gasteiger partial charge >= 0.3 is 0 Å². The van der Waals surface area contributed by atoms with Crippen LogP contribution in [0, 0.1) is 5.82 Å². The van der Waals surface area contributed by atoms with Crippen LogP contribution >= 0.6 is 11.6 Å². The fourth-order valence-corrected chi connectivity index (χ4v) is 4.27. The lowest BCUT2D eigenvalue weighted by Gasteiger charge is -2.46. The number of aliphatic hydroxyl groups excluding tert-OH is 2. The normalized spacial score (nSPS) is 22.9. The first-order valence-corrected chi connectivity index (χ1v) is 9.64. The quantitative estimate of drug-likeness (QED) is 0.834. The Balaban J connectivity index is 1.39. The van der Waals surface area contributed by atoms with E-state index in [1.54, 1.807) is 24.3 Å². The monoisotopic (exact) mass is 391 g/mol. The molecule has 4 nitrogen and oxygen atoms in total. The zero-order chi connectivity index (χ0) is 19.0. The number of fused-ring (bicyclic) bond motifs is 1. The maximum atomic E-state index is 13.0. The summed E-state index contributed by atoms with van der Waals surface area (Å²) in [6.45, 7) is 2.04. The molecule has 0 saturated carbocycles. The Morgan fingerprint density at radius 3 is 2.59 bits per heavy atom. The summed E-state index contributed by atoms with van der Waals surface area (Å²) in [6, 6.07) is 11.3. The molecule has 0 aromatic heterocycles. The van der Waals surface area contributed by atoms with Crippen molar-refractivity contribution in [1.29, 1.82) is 0 Å². The van der Waals surface area contributed by atoms with Gasteiger partial charge in [-0.15, -0.1) is 0 Å². The van der Waals surface area contributed by atoms with Gasteiger partial charge in [-0.2, -0.15) is 0 Å². The number of piperidine rings is 1. The van der Waals surface area contributed by atoms with Crippen LogP contribution in [0.5, 0.6) is 5.75 Å². The molecule has 144 valence electrons. The van der Waals surface area contributed by atoms with Crippen LogP contribution < -0.4 is 4.74 Å². The molecular weight excluding hydrogens is 369 g/mol. The zero-order valence-corrected chi connectivity index (χ0v) is 15.7. The van der Waals surface area contributed by atoms with Gasteiger partial charge in [0.05, 0.1) is 12.2 Å². The van der Waals surface area contributed by atoms with Gasteiger partial charge in [-0.25, -0.2) is 4.39 Å². The van der Waals surface area contributed by atoms with Gasteiger partial charge in [-0.05, 0) is 48.7 Å². The van der Waals surface area contributed by atoms with E-state index in [1.807, 2.05) is 6.07 Å². The minimum Gasteiger partial charge on any atom is -0.487 e. The molecule has 1 fully saturated rings. The number of aliphatic hydroxyl groups is 2. The fraction of sp³-hybridized carbons (Fsp3) is 0.429. The van der Waals surface area contributed by atoms with Crippen LogP contribution in [0.15, 0.2) is 42.5 Å². The lowest BCUT2D eigenvalue weighted by Crippen LogP contribution is -2.51. The third-order valence-electron chi connectivity index (χ3n) is 5.68. The highest BCUT2D eigenvalue weighted by Crippen LogP contribution is 2.45. The average Bonchev–Trinajstić information content (AvgIpc) is 2.65. The lowest BCUT2D eigenvalue weighted by molar-refractivity contribution is -0.0587. The molecule has 6 heteroatoms. The first kappa shape index (κ1) is 18.7. The maximum Gasteiger partial charge on any atom is 0.126 e. The molecule has 0 bridgehead atoms. The number of halogens is 2. The number of β-amino-alcohol motifs (C(OH)–C–C–N with tert-alkyl or cyclic N) is 1. The van der Waals surface area contributed by atoms with Gasteiger partial charge in [0.2, 0.25) is 0 Å². The molecule has 0 aliphatic carbocycles. The summed E-state index contributed by atoms with van der Waals surface area (Å²) < 4.78 is 19.3. The second-order valence-corrected chi connectivity index (χ2v) is 7.99. The number of likely N-dealkylation sites (tertiary alicyclic amines) is 1. The van der Waals surface area contributed by atoms with E-state index in [0.29, 0.717) is 29.3 Å². The van der Waals surface area contributed by atoms with Crippen LogP contribution in [0.1, 0.15) is 42.6 Å². The molecule has 0 radical (unpaired) electrons. The van der Waals surface area contributed by atoms with Gasteiger partial charge in [0, 0.05) is 36.6 Å². The molecular formula is C21H23ClFNO3. The number of hydrogen-bond donors (Lipinski definition) is 2. The van der Waals surface area contributed by atoms with Crippen molar-refractivity contribution in [3.8, 4) is 5.75 Å². The highest BCUT2D eigenvalue weighted by molar-refractivity contribution is 6.30. The first-order chi connectivity index (χ1) is 12.9. The molecule has 2 aliphatic heterocycles. The Bertz CT molecular complexity index is 806. The second-order valence-electron chi connectivity index (χ2n) is 7.56. The van der Waals surface area contributed by atoms with Crippen molar-refractivity contribution in [2.45, 2.75) is 37.1 Å². The summed E-state index contributed by atoms with van der Waals surface area (Å²) in [7, 11) is 0. The van der Waals surface area contributed by atoms with Crippen LogP contribution in [0.3, 0.4) is 0 Å². The summed E-state index contributed by atoms with van der Waals surface area (Å²) >= 11 is 6.03. The van der Waals surface area contributed by atoms with Crippen molar-refractivity contribution in [3.63, 3.8) is 0 Å². The molecule has 2 unspecified atom stereocenters. The summed E-state index contributed by atoms with van der Waals surface area (Å²) in [5, 5.41) is 21.6. The molecule has 1 spiro atoms. The Hall–Kier alpha value is -1.66. The van der Waals surface area contributed by atoms with Crippen LogP contribution in [-0.4, -0.2) is 40.3 Å². The minimum atomic E-state index is -0.652. The van der Waals surface area contributed by atoms with Crippen LogP contribution in [0.4, 0.5) is 4.39 Å². The van der Waals surface area contributed by atoms with E-state index < -0.39 is 12.2 Å². The molecule has 2 aromatic rings. The standard InChI is InChI=1S/C21H23ClFNO3/c22-15-3-6-20-17(11-15)18(25)12-21(27-20)7-9-24(10-8-21)13-19(26)14-1-4-16(23)5-2-14/h1-6,11,18-19,25-26H,7-10,12-13H2. The van der Waals surface area contributed by atoms with Crippen LogP contribution in [-0.2, 0) is 0 Å². The van der Waals surface area contributed by atoms with Gasteiger partial charge in [-0.1, -0.05) is 23.7 Å². The molecule has 2 atom stereocenters. The highest BCUT2D eigenvalue weighted by Gasteiger charge is 2.43. The lowest BCUT2D eigenvalue weighted by atomic mass is 9.81. The van der Waals surface area contributed by atoms with Crippen LogP contribution in [0.2, 0.25) is 5.02 Å². The maximum absolute atomic E-state index is 13.0. The third-order valence-corrected chi connectivity index (χ3v) is 5.91. The van der Waals surface area contributed by atoms with E-state index in [9.17, 15) is 14.6 Å². The van der Waals surface area contributed by atoms with E-state index >= 15 is 0 Å². The van der Waals surface area contributed by atoms with E-state index in [-0.39, 0.29) is 11.4 Å². The first-order valence-electron chi connectivity index (χ1n) is 9.27. The van der Waals surface area contributed by atoms with Crippen molar-refractivity contribution in [3.05, 3.63) is 64.4 Å². The number of ether oxygens (including phenoxy) is 1. The summed E-state index contributed by atoms with van der Waals surface area (Å²) in [6.07, 6.45) is 0.878. The summed E-state index contributed by atoms with van der Waals surface area (Å²) in [5.74, 6) is 0.401. The molecule has 27 heavy (non-hydrogen) atoms. The van der Waals surface area contributed by atoms with Crippen molar-refractivity contribution >= 4 is 11.6 Å². The SMILES string of the molecule is OC(CN1CCC2(CC1)CC(O)c1cc(Cl)ccc1O2)c1ccc(F)cc1. The van der Waals surface area contributed by atoms with Gasteiger partial charge in [0.1, 0.15) is 17.2 Å². The molecule has 2 aliphatic rings. The Kier molecular flexibility index (Phi) is 5.12. The predicted molar refractivity (Wildman–Crippen MR) is 101 cm³/mol. The Labute approximate surface area is 163 Å². The van der Waals surface area contributed by atoms with E-state index in [4.69, 9.17) is 16.3 Å². The van der Waals surface area contributed by atoms with E-state index in [1.165, 1.54) is 12.1 Å². The fourth-order valence-electron chi connectivity index (χ4n) is 4.09. The molecule has 4 rings (SSSR count). The van der Waals surface area contributed by atoms with Gasteiger partial charge in [-0.3, -0.25) is 0 Å². The second kappa shape index (κ2) is 7.40. The summed E-state index contributed by atoms with van der Waals surface area (Å²) in [5.41, 5.74) is 1.09.